The van der Waals surface area contributed by atoms with Gasteiger partial charge in [0.1, 0.15) is 5.82 Å². The van der Waals surface area contributed by atoms with Crippen LogP contribution in [0.25, 0.3) is 0 Å². The molecule has 2 aromatic rings. The number of aromatic nitrogens is 2. The monoisotopic (exact) mass is 396 g/mol. The first-order chi connectivity index (χ1) is 13.7. The number of benzene rings is 1. The van der Waals surface area contributed by atoms with Crippen molar-refractivity contribution in [2.45, 2.75) is 49.9 Å². The molecule has 4 rings (SSSR count). The molecule has 28 heavy (non-hydrogen) atoms. The Morgan fingerprint density at radius 2 is 2.04 bits per heavy atom. The van der Waals surface area contributed by atoms with E-state index in [-0.39, 0.29) is 5.91 Å². The highest BCUT2D eigenvalue weighted by Gasteiger charge is 2.22. The van der Waals surface area contributed by atoms with E-state index in [1.165, 1.54) is 25.7 Å². The van der Waals surface area contributed by atoms with Gasteiger partial charge < -0.3 is 10.2 Å². The number of aryl methyl sites for hydroxylation is 1. The number of thioether (sulfide) groups is 1. The summed E-state index contributed by atoms with van der Waals surface area (Å²) in [5.41, 5.74) is 2.95. The lowest BCUT2D eigenvalue weighted by molar-refractivity contribution is 0.0951. The number of anilines is 1. The van der Waals surface area contributed by atoms with Gasteiger partial charge in [-0.1, -0.05) is 30.8 Å². The van der Waals surface area contributed by atoms with Gasteiger partial charge in [-0.2, -0.15) is 0 Å². The minimum absolute atomic E-state index is 0.0271. The number of hydrogen-bond acceptors (Lipinski definition) is 5. The Hall–Kier alpha value is -2.08. The Kier molecular flexibility index (Phi) is 6.15. The Balaban J connectivity index is 1.41. The van der Waals surface area contributed by atoms with Crippen LogP contribution < -0.4 is 10.2 Å². The van der Waals surface area contributed by atoms with E-state index in [0.29, 0.717) is 5.92 Å². The summed E-state index contributed by atoms with van der Waals surface area (Å²) in [4.78, 5) is 24.2. The van der Waals surface area contributed by atoms with Crippen molar-refractivity contribution in [1.29, 1.82) is 0 Å². The summed E-state index contributed by atoms with van der Waals surface area (Å²) in [5.74, 6) is 2.53. The van der Waals surface area contributed by atoms with E-state index in [1.807, 2.05) is 18.2 Å². The van der Waals surface area contributed by atoms with Crippen molar-refractivity contribution in [3.63, 3.8) is 0 Å². The molecule has 1 aliphatic carbocycles. The molecule has 1 N–H and O–H groups in total. The van der Waals surface area contributed by atoms with Gasteiger partial charge in [0.05, 0.1) is 0 Å². The Morgan fingerprint density at radius 3 is 2.79 bits per heavy atom. The van der Waals surface area contributed by atoms with Gasteiger partial charge in [0.25, 0.3) is 5.91 Å². The molecule has 148 valence electrons. The van der Waals surface area contributed by atoms with E-state index in [0.717, 1.165) is 59.6 Å². The van der Waals surface area contributed by atoms with E-state index in [4.69, 9.17) is 9.97 Å². The zero-order valence-corrected chi connectivity index (χ0v) is 17.3. The van der Waals surface area contributed by atoms with Gasteiger partial charge >= 0.3 is 0 Å². The molecule has 0 spiro atoms. The third-order valence-corrected chi connectivity index (χ3v) is 6.26. The highest BCUT2D eigenvalue weighted by atomic mass is 32.2. The molecule has 1 aromatic heterocycles. The largest absolute Gasteiger partial charge is 0.356 e. The molecule has 2 aliphatic rings. The Labute approximate surface area is 171 Å². The lowest BCUT2D eigenvalue weighted by atomic mass is 10.1. The summed E-state index contributed by atoms with van der Waals surface area (Å²) < 4.78 is 0. The van der Waals surface area contributed by atoms with E-state index in [9.17, 15) is 4.79 Å². The van der Waals surface area contributed by atoms with Crippen molar-refractivity contribution >= 4 is 23.5 Å². The quantitative estimate of drug-likeness (QED) is 0.538. The Morgan fingerprint density at radius 1 is 1.21 bits per heavy atom. The average Bonchev–Trinajstić information content (AvgIpc) is 3.40. The number of nitrogens with one attached hydrogen (secondary N) is 1. The summed E-state index contributed by atoms with van der Waals surface area (Å²) in [6, 6.07) is 10.0. The van der Waals surface area contributed by atoms with Crippen LogP contribution >= 0.6 is 11.8 Å². The topological polar surface area (TPSA) is 58.1 Å². The average molecular weight is 397 g/mol. The van der Waals surface area contributed by atoms with Gasteiger partial charge in [0.15, 0.2) is 5.16 Å². The van der Waals surface area contributed by atoms with Gasteiger partial charge in [-0.25, -0.2) is 9.97 Å². The van der Waals surface area contributed by atoms with Gasteiger partial charge in [0, 0.05) is 42.7 Å². The lowest BCUT2D eigenvalue weighted by Gasteiger charge is -2.17. The summed E-state index contributed by atoms with van der Waals surface area (Å²) >= 11 is 1.64. The van der Waals surface area contributed by atoms with Gasteiger partial charge in [-0.05, 0) is 55.7 Å². The van der Waals surface area contributed by atoms with Gasteiger partial charge in [-0.3, -0.25) is 4.79 Å². The number of carbonyl (C=O) groups excluding carboxylic acids is 1. The lowest BCUT2D eigenvalue weighted by Crippen LogP contribution is -2.25. The number of carbonyl (C=O) groups is 1. The van der Waals surface area contributed by atoms with Crippen LogP contribution in [0, 0.1) is 5.92 Å². The molecule has 1 saturated heterocycles. The minimum Gasteiger partial charge on any atom is -0.356 e. The predicted octanol–water partition coefficient (Wildman–Crippen LogP) is 4.07. The van der Waals surface area contributed by atoms with E-state index in [1.54, 1.807) is 11.8 Å². The first kappa shape index (κ1) is 19.2. The molecule has 0 bridgehead atoms. The first-order valence-electron chi connectivity index (χ1n) is 10.3. The molecule has 0 atom stereocenters. The summed E-state index contributed by atoms with van der Waals surface area (Å²) in [5, 5.41) is 3.86. The zero-order chi connectivity index (χ0) is 19.3. The van der Waals surface area contributed by atoms with Crippen molar-refractivity contribution < 1.29 is 4.79 Å². The second-order valence-corrected chi connectivity index (χ2v) is 8.63. The van der Waals surface area contributed by atoms with Crippen LogP contribution in [0.15, 0.2) is 35.5 Å². The number of rotatable bonds is 8. The van der Waals surface area contributed by atoms with Crippen LogP contribution in [0.2, 0.25) is 0 Å². The molecule has 2 heterocycles. The summed E-state index contributed by atoms with van der Waals surface area (Å²) in [7, 11) is 0. The number of nitrogens with zero attached hydrogens (tertiary/aromatic N) is 3. The molecule has 6 heteroatoms. The molecule has 1 saturated carbocycles. The fourth-order valence-electron chi connectivity index (χ4n) is 3.42. The predicted molar refractivity (Wildman–Crippen MR) is 114 cm³/mol. The van der Waals surface area contributed by atoms with Crippen LogP contribution in [0.3, 0.4) is 0 Å². The van der Waals surface area contributed by atoms with Gasteiger partial charge in [0.2, 0.25) is 0 Å². The van der Waals surface area contributed by atoms with Crippen LogP contribution in [0.1, 0.15) is 54.2 Å². The van der Waals surface area contributed by atoms with Crippen LogP contribution in [0.5, 0.6) is 0 Å². The van der Waals surface area contributed by atoms with Gasteiger partial charge in [-0.15, -0.1) is 0 Å². The molecule has 1 aliphatic heterocycles. The highest BCUT2D eigenvalue weighted by molar-refractivity contribution is 7.98. The number of amides is 1. The third kappa shape index (κ3) is 5.04. The minimum atomic E-state index is 0.0271. The SMILES string of the molecule is CCc1cc(N2CCCC2)nc(SCc2cccc(C(=O)NCC3CC3)c2)n1. The molecule has 0 radical (unpaired) electrons. The van der Waals surface area contributed by atoms with E-state index >= 15 is 0 Å². The highest BCUT2D eigenvalue weighted by Crippen LogP contribution is 2.28. The zero-order valence-electron chi connectivity index (χ0n) is 16.5. The summed E-state index contributed by atoms with van der Waals surface area (Å²) in [6.45, 7) is 5.10. The molecular weight excluding hydrogens is 368 g/mol. The van der Waals surface area contributed by atoms with Crippen molar-refractivity contribution in [2.24, 2.45) is 5.92 Å². The molecule has 5 nitrogen and oxygen atoms in total. The standard InChI is InChI=1S/C22H28N4OS/c1-2-19-13-20(26-10-3-4-11-26)25-22(24-19)28-15-17-6-5-7-18(12-17)21(27)23-14-16-8-9-16/h5-7,12-13,16H,2-4,8-11,14-15H2,1H3,(H,23,27). The number of hydrogen-bond donors (Lipinski definition) is 1. The van der Waals surface area contributed by atoms with Crippen molar-refractivity contribution in [3.8, 4) is 0 Å². The van der Waals surface area contributed by atoms with Crippen LogP contribution in [-0.2, 0) is 12.2 Å². The second kappa shape index (κ2) is 8.95. The fourth-order valence-corrected chi connectivity index (χ4v) is 4.24. The third-order valence-electron chi connectivity index (χ3n) is 5.34. The molecule has 1 aromatic carbocycles. The maximum absolute atomic E-state index is 12.3. The maximum Gasteiger partial charge on any atom is 0.251 e. The molecule has 2 fully saturated rings. The van der Waals surface area contributed by atoms with E-state index < -0.39 is 0 Å². The van der Waals surface area contributed by atoms with Crippen molar-refractivity contribution in [2.75, 3.05) is 24.5 Å². The van der Waals surface area contributed by atoms with Crippen LogP contribution in [0.4, 0.5) is 5.82 Å². The molecule has 1 amide bonds. The second-order valence-electron chi connectivity index (χ2n) is 7.69. The molecular formula is C22H28N4OS. The fraction of sp³-hybridized carbons (Fsp3) is 0.500. The first-order valence-corrected chi connectivity index (χ1v) is 11.3. The van der Waals surface area contributed by atoms with Crippen molar-refractivity contribution in [3.05, 3.63) is 47.2 Å². The van der Waals surface area contributed by atoms with Crippen molar-refractivity contribution in [1.82, 2.24) is 15.3 Å². The maximum atomic E-state index is 12.3. The summed E-state index contributed by atoms with van der Waals surface area (Å²) in [6.07, 6.45) is 5.88. The van der Waals surface area contributed by atoms with Crippen LogP contribution in [-0.4, -0.2) is 35.5 Å². The normalized spacial score (nSPS) is 16.4. The Bertz CT molecular complexity index is 831. The molecule has 0 unspecified atom stereocenters. The smallest absolute Gasteiger partial charge is 0.251 e. The van der Waals surface area contributed by atoms with E-state index in [2.05, 4.69) is 29.3 Å².